The molecule has 3 aromatic rings. The van der Waals surface area contributed by atoms with E-state index in [0.29, 0.717) is 0 Å². The van der Waals surface area contributed by atoms with E-state index in [1.165, 1.54) is 18.4 Å². The van der Waals surface area contributed by atoms with Crippen molar-refractivity contribution in [3.8, 4) is 0 Å². The lowest BCUT2D eigenvalue weighted by molar-refractivity contribution is 0.650. The highest BCUT2D eigenvalue weighted by molar-refractivity contribution is 5.49. The monoisotopic (exact) mass is 323 g/mol. The fourth-order valence-corrected chi connectivity index (χ4v) is 3.34. The molecule has 0 unspecified atom stereocenters. The van der Waals surface area contributed by atoms with Gasteiger partial charge in [0.15, 0.2) is 0 Å². The summed E-state index contributed by atoms with van der Waals surface area (Å²) < 4.78 is 4.03. The summed E-state index contributed by atoms with van der Waals surface area (Å²) in [5.74, 6) is 2.72. The predicted octanol–water partition coefficient (Wildman–Crippen LogP) is 2.02. The van der Waals surface area contributed by atoms with Gasteiger partial charge in [0.2, 0.25) is 0 Å². The molecule has 1 aliphatic rings. The third-order valence-electron chi connectivity index (χ3n) is 4.64. The van der Waals surface area contributed by atoms with Gasteiger partial charge in [0.1, 0.15) is 29.8 Å². The Hall–Kier alpha value is -2.70. The Bertz CT molecular complexity index is 808. The summed E-state index contributed by atoms with van der Waals surface area (Å²) in [6, 6.07) is -0.161. The first-order chi connectivity index (χ1) is 11.7. The number of nitrogens with zero attached hydrogens (tertiary/aromatic N) is 6. The highest BCUT2D eigenvalue weighted by Gasteiger charge is 2.25. The van der Waals surface area contributed by atoms with E-state index in [1.807, 2.05) is 48.0 Å². The number of hydrogen-bond donors (Lipinski definition) is 1. The van der Waals surface area contributed by atoms with Gasteiger partial charge in [-0.3, -0.25) is 0 Å². The van der Waals surface area contributed by atoms with Crippen LogP contribution in [0.3, 0.4) is 0 Å². The van der Waals surface area contributed by atoms with Gasteiger partial charge in [-0.1, -0.05) is 0 Å². The van der Waals surface area contributed by atoms with E-state index >= 15 is 0 Å². The number of aromatic nitrogens is 6. The second-order valence-electron chi connectivity index (χ2n) is 6.22. The molecular formula is C17H21N7. The van der Waals surface area contributed by atoms with Crippen molar-refractivity contribution < 1.29 is 0 Å². The molecule has 0 spiro atoms. The number of hydrogen-bond acceptors (Lipinski definition) is 5. The molecule has 7 nitrogen and oxygen atoms in total. The molecule has 0 amide bonds. The van der Waals surface area contributed by atoms with Gasteiger partial charge in [-0.2, -0.15) is 0 Å². The van der Waals surface area contributed by atoms with Crippen molar-refractivity contribution in [1.82, 2.24) is 29.1 Å². The van der Waals surface area contributed by atoms with Gasteiger partial charge in [-0.25, -0.2) is 19.9 Å². The van der Waals surface area contributed by atoms with Crippen LogP contribution in [0.25, 0.3) is 0 Å². The maximum absolute atomic E-state index is 4.53. The molecule has 0 aliphatic heterocycles. The molecule has 0 bridgehead atoms. The van der Waals surface area contributed by atoms with Crippen LogP contribution in [0.2, 0.25) is 0 Å². The first-order valence-electron chi connectivity index (χ1n) is 8.28. The lowest BCUT2D eigenvalue weighted by Crippen LogP contribution is -2.22. The van der Waals surface area contributed by atoms with Crippen LogP contribution < -0.4 is 5.32 Å². The predicted molar refractivity (Wildman–Crippen MR) is 90.6 cm³/mol. The molecule has 3 heterocycles. The van der Waals surface area contributed by atoms with E-state index in [4.69, 9.17) is 0 Å². The van der Waals surface area contributed by atoms with Crippen molar-refractivity contribution in [2.24, 2.45) is 14.1 Å². The Morgan fingerprint density at radius 1 is 0.917 bits per heavy atom. The van der Waals surface area contributed by atoms with E-state index < -0.39 is 0 Å². The summed E-state index contributed by atoms with van der Waals surface area (Å²) in [5, 5.41) is 3.58. The third kappa shape index (κ3) is 2.55. The van der Waals surface area contributed by atoms with E-state index in [2.05, 4.69) is 25.3 Å². The fourth-order valence-electron chi connectivity index (χ4n) is 3.34. The zero-order valence-corrected chi connectivity index (χ0v) is 14.0. The summed E-state index contributed by atoms with van der Waals surface area (Å²) in [7, 11) is 3.99. The van der Waals surface area contributed by atoms with E-state index in [0.717, 1.165) is 36.0 Å². The molecular weight excluding hydrogens is 302 g/mol. The molecule has 1 aliphatic carbocycles. The highest BCUT2D eigenvalue weighted by Crippen LogP contribution is 2.29. The largest absolute Gasteiger partial charge is 0.353 e. The number of rotatable bonds is 4. The van der Waals surface area contributed by atoms with Crippen LogP contribution in [0, 0.1) is 0 Å². The Morgan fingerprint density at radius 2 is 1.58 bits per heavy atom. The molecule has 0 saturated heterocycles. The lowest BCUT2D eigenvalue weighted by Gasteiger charge is -2.23. The van der Waals surface area contributed by atoms with Gasteiger partial charge in [-0.15, -0.1) is 0 Å². The molecule has 124 valence electrons. The smallest absolute Gasteiger partial charge is 0.145 e. The van der Waals surface area contributed by atoms with Crippen molar-refractivity contribution in [1.29, 1.82) is 0 Å². The van der Waals surface area contributed by atoms with Gasteiger partial charge in [0, 0.05) is 50.1 Å². The van der Waals surface area contributed by atoms with Crippen molar-refractivity contribution in [3.05, 3.63) is 54.0 Å². The normalized spacial score (nSPS) is 14.0. The van der Waals surface area contributed by atoms with Crippen LogP contribution in [0.1, 0.15) is 41.8 Å². The minimum atomic E-state index is -0.161. The third-order valence-corrected chi connectivity index (χ3v) is 4.64. The average molecular weight is 323 g/mol. The summed E-state index contributed by atoms with van der Waals surface area (Å²) in [4.78, 5) is 18.0. The van der Waals surface area contributed by atoms with E-state index in [-0.39, 0.29) is 6.04 Å². The Morgan fingerprint density at radius 3 is 2.21 bits per heavy atom. The van der Waals surface area contributed by atoms with Crippen molar-refractivity contribution in [2.75, 3.05) is 5.32 Å². The molecule has 3 aromatic heterocycles. The fraction of sp³-hybridized carbons (Fsp3) is 0.412. The second kappa shape index (κ2) is 6.07. The molecule has 7 heteroatoms. The first kappa shape index (κ1) is 14.9. The van der Waals surface area contributed by atoms with Gasteiger partial charge in [-0.05, 0) is 25.7 Å². The maximum atomic E-state index is 4.53. The highest BCUT2D eigenvalue weighted by atomic mass is 15.2. The topological polar surface area (TPSA) is 73.5 Å². The van der Waals surface area contributed by atoms with Crippen molar-refractivity contribution in [2.45, 2.75) is 31.7 Å². The maximum Gasteiger partial charge on any atom is 0.145 e. The number of nitrogens with one attached hydrogen (secondary N) is 1. The standard InChI is InChI=1S/C17H21N7/c1-23-9-7-18-16(23)14(17-19-8-10-24(17)2)22-15-12-5-3-4-6-13(12)20-11-21-15/h7-11,14H,3-6H2,1-2H3,(H,20,21,22). The van der Waals surface area contributed by atoms with Gasteiger partial charge in [0.25, 0.3) is 0 Å². The Balaban J connectivity index is 1.76. The lowest BCUT2D eigenvalue weighted by atomic mass is 9.96. The van der Waals surface area contributed by atoms with Crippen LogP contribution in [-0.4, -0.2) is 29.1 Å². The molecule has 4 rings (SSSR count). The van der Waals surface area contributed by atoms with Crippen LogP contribution >= 0.6 is 0 Å². The summed E-state index contributed by atoms with van der Waals surface area (Å²) in [6.07, 6.45) is 13.6. The number of aryl methyl sites for hydroxylation is 3. The SMILES string of the molecule is Cn1ccnc1C(Nc1ncnc2c1CCCC2)c1nccn1C. The van der Waals surface area contributed by atoms with Crippen LogP contribution in [0.4, 0.5) is 5.82 Å². The summed E-state index contributed by atoms with van der Waals surface area (Å²) in [6.45, 7) is 0. The minimum absolute atomic E-state index is 0.161. The minimum Gasteiger partial charge on any atom is -0.353 e. The van der Waals surface area contributed by atoms with Gasteiger partial charge in [0.05, 0.1) is 0 Å². The molecule has 24 heavy (non-hydrogen) atoms. The van der Waals surface area contributed by atoms with Crippen molar-refractivity contribution >= 4 is 5.82 Å². The number of anilines is 1. The quantitative estimate of drug-likeness (QED) is 0.795. The Kier molecular flexibility index (Phi) is 3.76. The molecule has 0 radical (unpaired) electrons. The van der Waals surface area contributed by atoms with Gasteiger partial charge >= 0.3 is 0 Å². The molecule has 0 saturated carbocycles. The van der Waals surface area contributed by atoms with Crippen LogP contribution in [-0.2, 0) is 26.9 Å². The summed E-state index contributed by atoms with van der Waals surface area (Å²) >= 11 is 0. The number of imidazole rings is 2. The number of fused-ring (bicyclic) bond motifs is 1. The van der Waals surface area contributed by atoms with Crippen molar-refractivity contribution in [3.63, 3.8) is 0 Å². The molecule has 1 N–H and O–H groups in total. The zero-order valence-electron chi connectivity index (χ0n) is 14.0. The van der Waals surface area contributed by atoms with E-state index in [9.17, 15) is 0 Å². The molecule has 0 fully saturated rings. The molecule has 0 aromatic carbocycles. The van der Waals surface area contributed by atoms with Gasteiger partial charge < -0.3 is 14.5 Å². The average Bonchev–Trinajstić information content (AvgIpc) is 3.21. The second-order valence-corrected chi connectivity index (χ2v) is 6.22. The molecule has 0 atom stereocenters. The van der Waals surface area contributed by atoms with Crippen LogP contribution in [0.5, 0.6) is 0 Å². The summed E-state index contributed by atoms with van der Waals surface area (Å²) in [5.41, 5.74) is 2.40. The van der Waals surface area contributed by atoms with E-state index in [1.54, 1.807) is 6.33 Å². The Labute approximate surface area is 140 Å². The first-order valence-corrected chi connectivity index (χ1v) is 8.28. The zero-order chi connectivity index (χ0) is 16.5. The van der Waals surface area contributed by atoms with Crippen LogP contribution in [0.15, 0.2) is 31.1 Å².